The molecule has 4 aliphatic rings. The highest BCUT2D eigenvalue weighted by Crippen LogP contribution is 2.42. The standard InChI is InChI=1S/C109H116O21/c1-111-106-103(121-71-87-56-32-11-33-57-87)99(117-67-83-48-24-7-25-49-83)95(91(125-106)75-113-63-79-40-16-3-17-41-79)129-108-105(123-73-89-60-36-13-37-61-89)101(119-69-85-52-28-9-29-53-85)97(93(127-108)77-115-65-81-44-20-5-21-45-81)130-109-104(122-72-88-58-34-12-35-59-88)100(118-68-84-50-26-8-27-51-84)96(92(126-109)76-114-64-80-42-18-4-19-43-80)128-107-102(120-70-86-54-30-10-31-55-86)98(116-66-82-46-22-6-23-47-82)94(110)90(124-107)74-112-62-78-38-14-2-15-39-78/h2-61,90-110H,62-77H2,1H3/t90-,91-,92-,93-,94-,95-,96-,97-,98+,99+,100+,101+,102-,103-,104-,105-,106+,107-,108-,109-/m1/s1. The molecule has 21 heteroatoms. The summed E-state index contributed by atoms with van der Waals surface area (Å²) in [5, 5.41) is 13.0. The molecule has 0 aliphatic carbocycles. The van der Waals surface area contributed by atoms with Gasteiger partial charge in [-0.05, 0) is 66.8 Å². The van der Waals surface area contributed by atoms with Gasteiger partial charge in [0, 0.05) is 7.11 Å². The maximum Gasteiger partial charge on any atom is 0.187 e. The van der Waals surface area contributed by atoms with Crippen molar-refractivity contribution < 1.29 is 99.8 Å². The van der Waals surface area contributed by atoms with E-state index >= 15 is 0 Å². The van der Waals surface area contributed by atoms with E-state index in [1.165, 1.54) is 0 Å². The Kier molecular flexibility index (Phi) is 35.7. The zero-order valence-corrected chi connectivity index (χ0v) is 73.1. The summed E-state index contributed by atoms with van der Waals surface area (Å²) in [6.45, 7) is 1.13. The number of ether oxygens (including phenoxy) is 20. The predicted octanol–water partition coefficient (Wildman–Crippen LogP) is 17.6. The van der Waals surface area contributed by atoms with Gasteiger partial charge in [0.2, 0.25) is 0 Å². The van der Waals surface area contributed by atoms with Gasteiger partial charge in [0.05, 0.1) is 106 Å². The summed E-state index contributed by atoms with van der Waals surface area (Å²) in [6.07, 6.45) is -23.0. The van der Waals surface area contributed by atoms with Crippen LogP contribution in [-0.4, -0.2) is 161 Å². The maximum absolute atomic E-state index is 13.0. The van der Waals surface area contributed by atoms with Crippen molar-refractivity contribution in [3.05, 3.63) is 431 Å². The van der Waals surface area contributed by atoms with Crippen LogP contribution < -0.4 is 0 Å². The Morgan fingerprint density at radius 2 is 0.346 bits per heavy atom. The van der Waals surface area contributed by atoms with Crippen molar-refractivity contribution in [2.45, 2.75) is 202 Å². The lowest BCUT2D eigenvalue weighted by atomic mass is 9.94. The molecule has 1 N–H and O–H groups in total. The summed E-state index contributed by atoms with van der Waals surface area (Å²) in [6, 6.07) is 119. The number of aliphatic hydroxyl groups excluding tert-OH is 1. The summed E-state index contributed by atoms with van der Waals surface area (Å²) in [4.78, 5) is 0. The SMILES string of the molecule is CO[C@H]1O[C@H](COCc2ccccc2)[C@@H](O[C@H]2O[C@H](COCc3ccccc3)[C@@H](O[C@H]3O[C@H](COCc4ccccc4)[C@@H](O[C@H]4O[C@H](COCc5ccccc5)[C@@H](O)[C@H](OCc5ccccc5)[C@H]4OCc4ccccc4)[C@H](OCc4ccccc4)[C@H]3OCc3ccccc3)[C@H](OCc3ccccc3)[C@H]2OCc2ccccc2)[C@H](OCc2ccccc2)[C@H]1OCc1ccccc1. The van der Waals surface area contributed by atoms with E-state index in [1.54, 1.807) is 7.11 Å². The Bertz CT molecular complexity index is 5090. The monoisotopic (exact) mass is 1760 g/mol. The van der Waals surface area contributed by atoms with Crippen molar-refractivity contribution in [2.75, 3.05) is 33.5 Å². The molecule has 12 aromatic rings. The average Bonchev–Trinajstić information content (AvgIpc) is 0.756. The van der Waals surface area contributed by atoms with Crippen LogP contribution in [0.5, 0.6) is 0 Å². The molecular formula is C109H116O21. The van der Waals surface area contributed by atoms with Crippen LogP contribution in [-0.2, 0) is 174 Å². The van der Waals surface area contributed by atoms with Gasteiger partial charge in [-0.2, -0.15) is 0 Å². The van der Waals surface area contributed by atoms with Crippen LogP contribution in [0.15, 0.2) is 364 Å². The Labute approximate surface area is 762 Å². The van der Waals surface area contributed by atoms with Gasteiger partial charge in [0.15, 0.2) is 25.2 Å². The van der Waals surface area contributed by atoms with E-state index in [1.807, 2.05) is 364 Å². The minimum Gasteiger partial charge on any atom is -0.387 e. The van der Waals surface area contributed by atoms with Crippen molar-refractivity contribution in [3.63, 3.8) is 0 Å². The van der Waals surface area contributed by atoms with Crippen LogP contribution in [0.4, 0.5) is 0 Å². The van der Waals surface area contributed by atoms with E-state index in [4.69, 9.17) is 94.7 Å². The van der Waals surface area contributed by atoms with Crippen LogP contribution in [0.2, 0.25) is 0 Å². The van der Waals surface area contributed by atoms with Gasteiger partial charge in [-0.3, -0.25) is 0 Å². The van der Waals surface area contributed by atoms with Crippen LogP contribution in [0, 0.1) is 0 Å². The second-order valence-electron chi connectivity index (χ2n) is 32.8. The number of rotatable bonds is 47. The fourth-order valence-corrected chi connectivity index (χ4v) is 16.6. The second kappa shape index (κ2) is 49.9. The molecule has 20 atom stereocenters. The molecular weight excluding hydrogens is 1650 g/mol. The van der Waals surface area contributed by atoms with Gasteiger partial charge in [-0.1, -0.05) is 364 Å². The van der Waals surface area contributed by atoms with Gasteiger partial charge in [-0.25, -0.2) is 0 Å². The van der Waals surface area contributed by atoms with Gasteiger partial charge in [0.25, 0.3) is 0 Å². The number of methoxy groups -OCH3 is 1. The van der Waals surface area contributed by atoms with Crippen molar-refractivity contribution in [1.82, 2.24) is 0 Å². The molecule has 0 bridgehead atoms. The first-order valence-electron chi connectivity index (χ1n) is 44.8. The number of aliphatic hydroxyl groups is 1. The van der Waals surface area contributed by atoms with Crippen LogP contribution in [0.1, 0.15) is 66.8 Å². The quantitative estimate of drug-likeness (QED) is 0.0376. The van der Waals surface area contributed by atoms with Crippen molar-refractivity contribution in [3.8, 4) is 0 Å². The number of hydrogen-bond donors (Lipinski definition) is 1. The van der Waals surface area contributed by atoms with E-state index in [9.17, 15) is 5.11 Å². The molecule has 0 unspecified atom stereocenters. The van der Waals surface area contributed by atoms with Crippen molar-refractivity contribution in [1.29, 1.82) is 0 Å². The second-order valence-corrected chi connectivity index (χ2v) is 32.8. The molecule has 130 heavy (non-hydrogen) atoms. The number of benzene rings is 12. The third-order valence-corrected chi connectivity index (χ3v) is 23.4. The fraction of sp³-hybridized carbons (Fsp3) is 0.339. The molecule has 0 amide bonds. The molecule has 4 aliphatic heterocycles. The van der Waals surface area contributed by atoms with Crippen molar-refractivity contribution in [2.24, 2.45) is 0 Å². The summed E-state index contributed by atoms with van der Waals surface area (Å²) in [5.41, 5.74) is 10.6. The lowest BCUT2D eigenvalue weighted by Crippen LogP contribution is -2.69. The molecule has 4 fully saturated rings. The minimum absolute atomic E-state index is 0.00195. The topological polar surface area (TPSA) is 205 Å². The first kappa shape index (κ1) is 93.0. The molecule has 0 aromatic heterocycles. The van der Waals surface area contributed by atoms with Crippen LogP contribution in [0.3, 0.4) is 0 Å². The maximum atomic E-state index is 13.0. The summed E-state index contributed by atoms with van der Waals surface area (Å²) in [5.74, 6) is 0. The van der Waals surface area contributed by atoms with Gasteiger partial charge < -0.3 is 99.8 Å². The molecule has 12 aromatic carbocycles. The first-order valence-corrected chi connectivity index (χ1v) is 44.8. The molecule has 678 valence electrons. The molecule has 0 spiro atoms. The summed E-state index contributed by atoms with van der Waals surface area (Å²) in [7, 11) is 1.60. The van der Waals surface area contributed by atoms with Crippen LogP contribution in [0.25, 0.3) is 0 Å². The smallest absolute Gasteiger partial charge is 0.187 e. The van der Waals surface area contributed by atoms with Crippen LogP contribution >= 0.6 is 0 Å². The molecule has 4 saturated heterocycles. The highest BCUT2D eigenvalue weighted by atomic mass is 16.8. The summed E-state index contributed by atoms with van der Waals surface area (Å²) < 4.78 is 146. The fourth-order valence-electron chi connectivity index (χ4n) is 16.6. The first-order chi connectivity index (χ1) is 64.3. The molecule has 0 radical (unpaired) electrons. The van der Waals surface area contributed by atoms with Gasteiger partial charge >= 0.3 is 0 Å². The highest BCUT2D eigenvalue weighted by Gasteiger charge is 2.59. The third kappa shape index (κ3) is 27.0. The van der Waals surface area contributed by atoms with E-state index in [0.29, 0.717) is 0 Å². The van der Waals surface area contributed by atoms with E-state index < -0.39 is 123 Å². The minimum atomic E-state index is -1.43. The predicted molar refractivity (Wildman–Crippen MR) is 487 cm³/mol. The third-order valence-electron chi connectivity index (χ3n) is 23.4. The highest BCUT2D eigenvalue weighted by molar-refractivity contribution is 5.23. The Balaban J connectivity index is 0.834. The lowest BCUT2D eigenvalue weighted by Gasteiger charge is -2.52. The molecule has 16 rings (SSSR count). The Morgan fingerprint density at radius 3 is 0.562 bits per heavy atom. The Morgan fingerprint density at radius 1 is 0.185 bits per heavy atom. The largest absolute Gasteiger partial charge is 0.387 e. The normalized spacial score (nSPS) is 25.7. The van der Waals surface area contributed by atoms with E-state index in [0.717, 1.165) is 66.8 Å². The zero-order valence-electron chi connectivity index (χ0n) is 73.1. The Hall–Kier alpha value is -10.2. The van der Waals surface area contributed by atoms with Gasteiger partial charge in [0.1, 0.15) is 97.7 Å². The average molecular weight is 1760 g/mol. The van der Waals surface area contributed by atoms with E-state index in [2.05, 4.69) is 0 Å². The lowest BCUT2D eigenvalue weighted by molar-refractivity contribution is -0.402. The molecule has 21 nitrogen and oxygen atoms in total. The molecule has 0 saturated carbocycles. The summed E-state index contributed by atoms with van der Waals surface area (Å²) >= 11 is 0. The molecule has 4 heterocycles. The van der Waals surface area contributed by atoms with E-state index in [-0.39, 0.29) is 106 Å². The van der Waals surface area contributed by atoms with Gasteiger partial charge in [-0.15, -0.1) is 0 Å². The number of hydrogen-bond acceptors (Lipinski definition) is 21. The zero-order chi connectivity index (χ0) is 88.4. The van der Waals surface area contributed by atoms with Crippen molar-refractivity contribution >= 4 is 0 Å².